The van der Waals surface area contributed by atoms with Crippen LogP contribution in [0.3, 0.4) is 0 Å². The van der Waals surface area contributed by atoms with Crippen LogP contribution in [-0.4, -0.2) is 48.9 Å². The molecule has 0 saturated carbocycles. The summed E-state index contributed by atoms with van der Waals surface area (Å²) in [5.41, 5.74) is 0. The molecule has 18 heavy (non-hydrogen) atoms. The van der Waals surface area contributed by atoms with E-state index >= 15 is 0 Å². The van der Waals surface area contributed by atoms with Crippen molar-refractivity contribution in [1.82, 2.24) is 15.5 Å². The highest BCUT2D eigenvalue weighted by atomic mass is 16.2. The van der Waals surface area contributed by atoms with Crippen molar-refractivity contribution in [3.63, 3.8) is 0 Å². The largest absolute Gasteiger partial charge is 0.357 e. The lowest BCUT2D eigenvalue weighted by Gasteiger charge is -2.34. The summed E-state index contributed by atoms with van der Waals surface area (Å²) >= 11 is 0. The molecule has 2 aliphatic heterocycles. The molecule has 2 N–H and O–H groups in total. The van der Waals surface area contributed by atoms with Crippen molar-refractivity contribution in [2.45, 2.75) is 44.7 Å². The lowest BCUT2D eigenvalue weighted by Crippen LogP contribution is -2.52. The third-order valence-corrected chi connectivity index (χ3v) is 4.16. The highest BCUT2D eigenvalue weighted by molar-refractivity contribution is 5.89. The highest BCUT2D eigenvalue weighted by Gasteiger charge is 2.38. The van der Waals surface area contributed by atoms with Crippen molar-refractivity contribution in [3.8, 4) is 0 Å². The van der Waals surface area contributed by atoms with E-state index in [0.29, 0.717) is 0 Å². The van der Waals surface area contributed by atoms with Gasteiger partial charge in [0.15, 0.2) is 0 Å². The predicted molar refractivity (Wildman–Crippen MR) is 69.0 cm³/mol. The number of carbonyl (C=O) groups is 2. The number of piperidine rings is 1. The molecule has 0 aromatic carbocycles. The number of likely N-dealkylation sites (N-methyl/N-ethyl adjacent to an activating group) is 1. The normalized spacial score (nSPS) is 32.3. The van der Waals surface area contributed by atoms with E-state index in [0.717, 1.165) is 38.8 Å². The molecule has 2 saturated heterocycles. The first-order valence-electron chi connectivity index (χ1n) is 6.90. The van der Waals surface area contributed by atoms with Crippen LogP contribution < -0.4 is 10.6 Å². The molecule has 5 heteroatoms. The predicted octanol–water partition coefficient (Wildman–Crippen LogP) is 0.112. The van der Waals surface area contributed by atoms with E-state index in [1.165, 1.54) is 0 Å². The Morgan fingerprint density at radius 1 is 1.28 bits per heavy atom. The van der Waals surface area contributed by atoms with E-state index in [-0.39, 0.29) is 29.8 Å². The Hall–Kier alpha value is -1.10. The zero-order chi connectivity index (χ0) is 13.1. The van der Waals surface area contributed by atoms with Crippen molar-refractivity contribution >= 4 is 11.8 Å². The SMILES string of the molecule is CNC(=O)C1CCCN1C(=O)C1CCCNC1C. The molecule has 2 amide bonds. The molecule has 0 radical (unpaired) electrons. The van der Waals surface area contributed by atoms with Gasteiger partial charge < -0.3 is 15.5 Å². The molecule has 2 heterocycles. The van der Waals surface area contributed by atoms with Crippen LogP contribution in [-0.2, 0) is 9.59 Å². The van der Waals surface area contributed by atoms with Gasteiger partial charge >= 0.3 is 0 Å². The van der Waals surface area contributed by atoms with Gasteiger partial charge in [0.1, 0.15) is 6.04 Å². The van der Waals surface area contributed by atoms with Crippen molar-refractivity contribution in [3.05, 3.63) is 0 Å². The second kappa shape index (κ2) is 5.69. The van der Waals surface area contributed by atoms with E-state index in [9.17, 15) is 9.59 Å². The molecule has 0 aromatic heterocycles. The minimum Gasteiger partial charge on any atom is -0.357 e. The summed E-state index contributed by atoms with van der Waals surface area (Å²) in [6.45, 7) is 3.77. The monoisotopic (exact) mass is 253 g/mol. The number of hydrogen-bond donors (Lipinski definition) is 2. The van der Waals surface area contributed by atoms with E-state index in [2.05, 4.69) is 17.6 Å². The summed E-state index contributed by atoms with van der Waals surface area (Å²) in [6.07, 6.45) is 3.70. The van der Waals surface area contributed by atoms with E-state index < -0.39 is 0 Å². The molecule has 2 rings (SSSR count). The summed E-state index contributed by atoms with van der Waals surface area (Å²) in [6, 6.07) is -0.0335. The summed E-state index contributed by atoms with van der Waals surface area (Å²) in [5, 5.41) is 6.00. The van der Waals surface area contributed by atoms with Gasteiger partial charge in [0.2, 0.25) is 11.8 Å². The second-order valence-corrected chi connectivity index (χ2v) is 5.30. The van der Waals surface area contributed by atoms with Crippen LogP contribution in [0, 0.1) is 5.92 Å². The van der Waals surface area contributed by atoms with Crippen LogP contribution >= 0.6 is 0 Å². The molecule has 0 aromatic rings. The van der Waals surface area contributed by atoms with Gasteiger partial charge in [-0.2, -0.15) is 0 Å². The Balaban J connectivity index is 2.05. The molecule has 3 unspecified atom stereocenters. The number of nitrogens with zero attached hydrogens (tertiary/aromatic N) is 1. The van der Waals surface area contributed by atoms with Gasteiger partial charge in [-0.1, -0.05) is 0 Å². The van der Waals surface area contributed by atoms with Gasteiger partial charge in [0.25, 0.3) is 0 Å². The summed E-state index contributed by atoms with van der Waals surface area (Å²) in [4.78, 5) is 26.1. The average Bonchev–Trinajstić information content (AvgIpc) is 2.86. The maximum Gasteiger partial charge on any atom is 0.242 e. The molecule has 2 aliphatic rings. The highest BCUT2D eigenvalue weighted by Crippen LogP contribution is 2.25. The number of rotatable bonds is 2. The number of likely N-dealkylation sites (tertiary alicyclic amines) is 1. The van der Waals surface area contributed by atoms with Gasteiger partial charge in [-0.15, -0.1) is 0 Å². The Morgan fingerprint density at radius 3 is 2.72 bits per heavy atom. The van der Waals surface area contributed by atoms with Crippen LogP contribution in [0.1, 0.15) is 32.6 Å². The molecular formula is C13H23N3O2. The molecule has 102 valence electrons. The topological polar surface area (TPSA) is 61.4 Å². The van der Waals surface area contributed by atoms with Crippen LogP contribution in [0.5, 0.6) is 0 Å². The van der Waals surface area contributed by atoms with Crippen LogP contribution in [0.15, 0.2) is 0 Å². The first-order chi connectivity index (χ1) is 8.65. The molecule has 0 bridgehead atoms. The third kappa shape index (κ3) is 2.51. The summed E-state index contributed by atoms with van der Waals surface area (Å²) in [7, 11) is 1.63. The number of amides is 2. The van der Waals surface area contributed by atoms with Gasteiger partial charge in [0, 0.05) is 19.6 Å². The lowest BCUT2D eigenvalue weighted by atomic mass is 9.90. The number of carbonyl (C=O) groups excluding carboxylic acids is 2. The standard InChI is InChI=1S/C13H23N3O2/c1-9-10(5-3-7-15-9)13(18)16-8-4-6-11(16)12(17)14-2/h9-11,15H,3-8H2,1-2H3,(H,14,17). The third-order valence-electron chi connectivity index (χ3n) is 4.16. The average molecular weight is 253 g/mol. The molecule has 0 aliphatic carbocycles. The zero-order valence-electron chi connectivity index (χ0n) is 11.2. The molecule has 5 nitrogen and oxygen atoms in total. The molecule has 2 fully saturated rings. The lowest BCUT2D eigenvalue weighted by molar-refractivity contribution is -0.142. The smallest absolute Gasteiger partial charge is 0.242 e. The Kier molecular flexibility index (Phi) is 4.22. The minimum atomic E-state index is -0.253. The van der Waals surface area contributed by atoms with Gasteiger partial charge in [-0.25, -0.2) is 0 Å². The molecule has 0 spiro atoms. The fraction of sp³-hybridized carbons (Fsp3) is 0.846. The fourth-order valence-corrected chi connectivity index (χ4v) is 3.06. The van der Waals surface area contributed by atoms with Crippen molar-refractivity contribution in [2.24, 2.45) is 5.92 Å². The van der Waals surface area contributed by atoms with Crippen LogP contribution in [0.2, 0.25) is 0 Å². The van der Waals surface area contributed by atoms with Crippen LogP contribution in [0.25, 0.3) is 0 Å². The first kappa shape index (κ1) is 13.3. The molecular weight excluding hydrogens is 230 g/mol. The summed E-state index contributed by atoms with van der Waals surface area (Å²) < 4.78 is 0. The van der Waals surface area contributed by atoms with Gasteiger partial charge in [0.05, 0.1) is 5.92 Å². The summed E-state index contributed by atoms with van der Waals surface area (Å²) in [5.74, 6) is 0.155. The Bertz CT molecular complexity index is 332. The van der Waals surface area contributed by atoms with E-state index in [4.69, 9.17) is 0 Å². The van der Waals surface area contributed by atoms with Crippen molar-refractivity contribution < 1.29 is 9.59 Å². The van der Waals surface area contributed by atoms with Crippen molar-refractivity contribution in [1.29, 1.82) is 0 Å². The maximum absolute atomic E-state index is 12.5. The Labute approximate surface area is 108 Å². The minimum absolute atomic E-state index is 0.0303. The van der Waals surface area contributed by atoms with Crippen molar-refractivity contribution in [2.75, 3.05) is 20.1 Å². The van der Waals surface area contributed by atoms with E-state index in [1.807, 2.05) is 0 Å². The maximum atomic E-state index is 12.5. The first-order valence-corrected chi connectivity index (χ1v) is 6.90. The van der Waals surface area contributed by atoms with Gasteiger partial charge in [-0.3, -0.25) is 9.59 Å². The fourth-order valence-electron chi connectivity index (χ4n) is 3.06. The van der Waals surface area contributed by atoms with Gasteiger partial charge in [-0.05, 0) is 39.2 Å². The zero-order valence-corrected chi connectivity index (χ0v) is 11.2. The van der Waals surface area contributed by atoms with E-state index in [1.54, 1.807) is 11.9 Å². The second-order valence-electron chi connectivity index (χ2n) is 5.30. The quantitative estimate of drug-likeness (QED) is 0.734. The molecule has 3 atom stereocenters. The number of hydrogen-bond acceptors (Lipinski definition) is 3. The number of nitrogens with one attached hydrogen (secondary N) is 2. The Morgan fingerprint density at radius 2 is 2.06 bits per heavy atom. The van der Waals surface area contributed by atoms with Crippen LogP contribution in [0.4, 0.5) is 0 Å².